The molecule has 1 aromatic rings. The number of unbranched alkanes of at least 4 members (excludes halogenated alkanes) is 3. The molecule has 1 atom stereocenters. The van der Waals surface area contributed by atoms with Gasteiger partial charge in [0.15, 0.2) is 0 Å². The lowest BCUT2D eigenvalue weighted by molar-refractivity contribution is -0.138. The first-order chi connectivity index (χ1) is 19.9. The summed E-state index contributed by atoms with van der Waals surface area (Å²) < 4.78 is 27.6. The molecule has 41 heavy (non-hydrogen) atoms. The van der Waals surface area contributed by atoms with E-state index in [1.54, 1.807) is 12.1 Å². The number of benzene rings is 1. The molecule has 0 radical (unpaired) electrons. The molecule has 4 amide bonds. The first-order valence-electron chi connectivity index (χ1n) is 13.9. The van der Waals surface area contributed by atoms with E-state index in [1.807, 2.05) is 0 Å². The summed E-state index contributed by atoms with van der Waals surface area (Å²) in [5.74, 6) is -2.82. The SMILES string of the molecule is O=C(O)CCCCCCOCCOCCOCCOCCOc1cccc2c1C(=O)N(C1CCC(=O)NC1=O)C2=O. The van der Waals surface area contributed by atoms with Gasteiger partial charge in [-0.25, -0.2) is 0 Å². The molecular weight excluding hydrogens is 540 g/mol. The van der Waals surface area contributed by atoms with Gasteiger partial charge in [-0.3, -0.25) is 34.2 Å². The van der Waals surface area contributed by atoms with E-state index in [4.69, 9.17) is 28.8 Å². The van der Waals surface area contributed by atoms with Crippen LogP contribution in [0.15, 0.2) is 18.2 Å². The summed E-state index contributed by atoms with van der Waals surface area (Å²) in [6.45, 7) is 3.54. The van der Waals surface area contributed by atoms with Crippen LogP contribution in [0.5, 0.6) is 5.75 Å². The Kier molecular flexibility index (Phi) is 13.7. The Hall–Kier alpha value is -3.39. The number of fused-ring (bicyclic) bond motifs is 1. The number of ether oxygens (including phenoxy) is 5. The lowest BCUT2D eigenvalue weighted by Crippen LogP contribution is -2.54. The van der Waals surface area contributed by atoms with E-state index >= 15 is 0 Å². The van der Waals surface area contributed by atoms with Gasteiger partial charge in [-0.1, -0.05) is 18.9 Å². The van der Waals surface area contributed by atoms with Crippen molar-refractivity contribution >= 4 is 29.6 Å². The Labute approximate surface area is 238 Å². The molecule has 0 bridgehead atoms. The minimum absolute atomic E-state index is 0.0527. The van der Waals surface area contributed by atoms with Crippen LogP contribution < -0.4 is 10.1 Å². The predicted octanol–water partition coefficient (Wildman–Crippen LogP) is 1.57. The summed E-state index contributed by atoms with van der Waals surface area (Å²) in [5, 5.41) is 10.8. The second kappa shape index (κ2) is 17.4. The fraction of sp³-hybridized carbons (Fsp3) is 0.607. The Morgan fingerprint density at radius 1 is 0.805 bits per heavy atom. The topological polar surface area (TPSA) is 167 Å². The molecule has 13 heteroatoms. The lowest BCUT2D eigenvalue weighted by atomic mass is 10.0. The highest BCUT2D eigenvalue weighted by Gasteiger charge is 2.45. The van der Waals surface area contributed by atoms with Crippen LogP contribution in [0, 0.1) is 0 Å². The van der Waals surface area contributed by atoms with E-state index < -0.39 is 35.6 Å². The summed E-state index contributed by atoms with van der Waals surface area (Å²) >= 11 is 0. The fourth-order valence-electron chi connectivity index (χ4n) is 4.41. The molecule has 1 fully saturated rings. The summed E-state index contributed by atoms with van der Waals surface area (Å²) in [7, 11) is 0. The standard InChI is InChI=1S/C28H38N2O11/c31-23-10-9-21(26(34)29-23)30-27(35)20-6-5-7-22(25(20)28(30)36)41-19-18-40-17-16-39-15-14-38-13-12-37-11-4-2-1-3-8-24(32)33/h5-7,21H,1-4,8-19H2,(H,32,33)(H,29,31,34). The number of carboxylic acid groups (broad SMARTS) is 1. The highest BCUT2D eigenvalue weighted by molar-refractivity contribution is 6.24. The summed E-state index contributed by atoms with van der Waals surface area (Å²) in [6.07, 6.45) is 3.81. The van der Waals surface area contributed by atoms with E-state index in [2.05, 4.69) is 5.32 Å². The van der Waals surface area contributed by atoms with E-state index in [0.717, 1.165) is 24.2 Å². The lowest BCUT2D eigenvalue weighted by Gasteiger charge is -2.27. The molecule has 0 aromatic heterocycles. The van der Waals surface area contributed by atoms with Gasteiger partial charge in [0.25, 0.3) is 11.8 Å². The first kappa shape index (κ1) is 32.1. The first-order valence-corrected chi connectivity index (χ1v) is 13.9. The Balaban J connectivity index is 1.20. The normalized spacial score (nSPS) is 16.7. The van der Waals surface area contributed by atoms with Crippen LogP contribution in [0.3, 0.4) is 0 Å². The number of nitrogens with one attached hydrogen (secondary N) is 1. The number of rotatable bonds is 21. The van der Waals surface area contributed by atoms with Gasteiger partial charge < -0.3 is 28.8 Å². The van der Waals surface area contributed by atoms with Gasteiger partial charge in [-0.15, -0.1) is 0 Å². The third-order valence-electron chi connectivity index (χ3n) is 6.46. The molecule has 2 heterocycles. The average molecular weight is 579 g/mol. The summed E-state index contributed by atoms with van der Waals surface area (Å²) in [5.41, 5.74) is 0.258. The zero-order valence-electron chi connectivity index (χ0n) is 23.1. The summed E-state index contributed by atoms with van der Waals surface area (Å²) in [6, 6.07) is 3.66. The number of hydrogen-bond donors (Lipinski definition) is 2. The quantitative estimate of drug-likeness (QED) is 0.161. The Morgan fingerprint density at radius 2 is 1.41 bits per heavy atom. The molecule has 2 aliphatic rings. The number of carbonyl (C=O) groups is 5. The van der Waals surface area contributed by atoms with Crippen molar-refractivity contribution in [2.24, 2.45) is 0 Å². The number of piperidine rings is 1. The maximum Gasteiger partial charge on any atom is 0.303 e. The van der Waals surface area contributed by atoms with Crippen LogP contribution in [0.4, 0.5) is 0 Å². The van der Waals surface area contributed by atoms with Crippen LogP contribution >= 0.6 is 0 Å². The van der Waals surface area contributed by atoms with Crippen LogP contribution in [-0.2, 0) is 33.3 Å². The van der Waals surface area contributed by atoms with Gasteiger partial charge >= 0.3 is 5.97 Å². The number of imide groups is 2. The predicted molar refractivity (Wildman–Crippen MR) is 143 cm³/mol. The van der Waals surface area contributed by atoms with Crippen molar-refractivity contribution in [1.82, 2.24) is 10.2 Å². The smallest absolute Gasteiger partial charge is 0.303 e. The van der Waals surface area contributed by atoms with Gasteiger partial charge in [0.2, 0.25) is 11.8 Å². The van der Waals surface area contributed by atoms with Crippen LogP contribution in [-0.4, -0.2) is 105 Å². The molecule has 1 unspecified atom stereocenters. The highest BCUT2D eigenvalue weighted by Crippen LogP contribution is 2.33. The van der Waals surface area contributed by atoms with Crippen LogP contribution in [0.2, 0.25) is 0 Å². The molecule has 0 saturated carbocycles. The van der Waals surface area contributed by atoms with E-state index in [9.17, 15) is 24.0 Å². The molecule has 0 aliphatic carbocycles. The maximum absolute atomic E-state index is 13.0. The average Bonchev–Trinajstić information content (AvgIpc) is 3.20. The molecule has 226 valence electrons. The highest BCUT2D eigenvalue weighted by atomic mass is 16.6. The number of carboxylic acids is 1. The van der Waals surface area contributed by atoms with Crippen molar-refractivity contribution in [2.75, 3.05) is 59.5 Å². The number of hydrogen-bond acceptors (Lipinski definition) is 10. The number of carbonyl (C=O) groups excluding carboxylic acids is 4. The van der Waals surface area contributed by atoms with E-state index in [0.29, 0.717) is 52.7 Å². The second-order valence-corrected chi connectivity index (χ2v) is 9.48. The second-order valence-electron chi connectivity index (χ2n) is 9.48. The zero-order valence-corrected chi connectivity index (χ0v) is 23.1. The van der Waals surface area contributed by atoms with Crippen molar-refractivity contribution in [3.05, 3.63) is 29.3 Å². The Morgan fingerprint density at radius 3 is 2.05 bits per heavy atom. The molecule has 1 aromatic carbocycles. The van der Waals surface area contributed by atoms with E-state index in [1.165, 1.54) is 6.07 Å². The maximum atomic E-state index is 13.0. The van der Waals surface area contributed by atoms with Crippen molar-refractivity contribution < 1.29 is 52.8 Å². The van der Waals surface area contributed by atoms with Crippen molar-refractivity contribution in [3.8, 4) is 5.75 Å². The minimum atomic E-state index is -1.03. The molecular formula is C28H38N2O11. The van der Waals surface area contributed by atoms with Gasteiger partial charge in [0.1, 0.15) is 18.4 Å². The number of aliphatic carboxylic acids is 1. The molecule has 2 N–H and O–H groups in total. The number of nitrogens with zero attached hydrogens (tertiary/aromatic N) is 1. The van der Waals surface area contributed by atoms with Crippen LogP contribution in [0.25, 0.3) is 0 Å². The fourth-order valence-corrected chi connectivity index (χ4v) is 4.41. The monoisotopic (exact) mass is 578 g/mol. The summed E-state index contributed by atoms with van der Waals surface area (Å²) in [4.78, 5) is 60.9. The largest absolute Gasteiger partial charge is 0.490 e. The van der Waals surface area contributed by atoms with Crippen molar-refractivity contribution in [3.63, 3.8) is 0 Å². The van der Waals surface area contributed by atoms with Gasteiger partial charge in [0.05, 0.1) is 57.4 Å². The van der Waals surface area contributed by atoms with Crippen LogP contribution in [0.1, 0.15) is 65.7 Å². The van der Waals surface area contributed by atoms with E-state index in [-0.39, 0.29) is 49.4 Å². The van der Waals surface area contributed by atoms with Gasteiger partial charge in [-0.2, -0.15) is 0 Å². The molecule has 2 aliphatic heterocycles. The third-order valence-corrected chi connectivity index (χ3v) is 6.46. The van der Waals surface area contributed by atoms with Gasteiger partial charge in [-0.05, 0) is 31.4 Å². The molecule has 13 nitrogen and oxygen atoms in total. The van der Waals surface area contributed by atoms with Crippen molar-refractivity contribution in [1.29, 1.82) is 0 Å². The number of amides is 4. The zero-order chi connectivity index (χ0) is 29.5. The van der Waals surface area contributed by atoms with Gasteiger partial charge in [0, 0.05) is 19.4 Å². The molecule has 0 spiro atoms. The molecule has 1 saturated heterocycles. The third kappa shape index (κ3) is 10.2. The Bertz CT molecular complexity index is 1060. The van der Waals surface area contributed by atoms with Crippen molar-refractivity contribution in [2.45, 2.75) is 51.0 Å². The molecule has 3 rings (SSSR count). The minimum Gasteiger partial charge on any atom is -0.490 e.